The van der Waals surface area contributed by atoms with E-state index in [1.54, 1.807) is 6.20 Å². The van der Waals surface area contributed by atoms with Crippen molar-refractivity contribution in [2.75, 3.05) is 0 Å². The molecule has 0 bridgehead atoms. The molecule has 0 aliphatic heterocycles. The van der Waals surface area contributed by atoms with Crippen molar-refractivity contribution in [3.05, 3.63) is 30.1 Å². The van der Waals surface area contributed by atoms with Crippen LogP contribution in [0.3, 0.4) is 0 Å². The Balaban J connectivity index is 1.69. The number of carbonyl (C=O) groups is 1. The Labute approximate surface area is 107 Å². The highest BCUT2D eigenvalue weighted by molar-refractivity contribution is 5.67. The average molecular weight is 248 g/mol. The van der Waals surface area contributed by atoms with Gasteiger partial charge in [-0.3, -0.25) is 9.78 Å². The van der Waals surface area contributed by atoms with Crippen LogP contribution in [0, 0.1) is 5.92 Å². The van der Waals surface area contributed by atoms with Gasteiger partial charge >= 0.3 is 5.97 Å². The third-order valence-electron chi connectivity index (χ3n) is 3.61. The molecule has 2 rings (SSSR count). The van der Waals surface area contributed by atoms with Gasteiger partial charge in [0.05, 0.1) is 5.69 Å². The number of carboxylic acid groups (broad SMARTS) is 1. The fraction of sp³-hybridized carbons (Fsp3) is 0.571. The van der Waals surface area contributed by atoms with Crippen LogP contribution in [0.4, 0.5) is 0 Å². The Bertz CT molecular complexity index is 373. The van der Waals surface area contributed by atoms with E-state index in [0.29, 0.717) is 18.4 Å². The Kier molecular flexibility index (Phi) is 4.70. The van der Waals surface area contributed by atoms with Crippen molar-refractivity contribution in [3.8, 4) is 0 Å². The van der Waals surface area contributed by atoms with Crippen molar-refractivity contribution in [3.63, 3.8) is 0 Å². The predicted octanol–water partition coefficient (Wildman–Crippen LogP) is 2.20. The van der Waals surface area contributed by atoms with Crippen LogP contribution in [-0.4, -0.2) is 22.1 Å². The largest absolute Gasteiger partial charge is 0.481 e. The highest BCUT2D eigenvalue weighted by Crippen LogP contribution is 2.26. The van der Waals surface area contributed by atoms with E-state index in [0.717, 1.165) is 37.9 Å². The van der Waals surface area contributed by atoms with E-state index >= 15 is 0 Å². The Morgan fingerprint density at radius 2 is 2.11 bits per heavy atom. The van der Waals surface area contributed by atoms with Crippen LogP contribution in [0.2, 0.25) is 0 Å². The molecule has 0 amide bonds. The smallest absolute Gasteiger partial charge is 0.303 e. The monoisotopic (exact) mass is 248 g/mol. The first-order valence-corrected chi connectivity index (χ1v) is 6.59. The van der Waals surface area contributed by atoms with Gasteiger partial charge < -0.3 is 10.4 Å². The molecule has 0 spiro atoms. The second-order valence-corrected chi connectivity index (χ2v) is 5.02. The number of rotatable bonds is 5. The molecule has 0 radical (unpaired) electrons. The summed E-state index contributed by atoms with van der Waals surface area (Å²) in [7, 11) is 0. The van der Waals surface area contributed by atoms with Crippen molar-refractivity contribution in [2.24, 2.45) is 5.92 Å². The van der Waals surface area contributed by atoms with E-state index in [2.05, 4.69) is 10.3 Å². The highest BCUT2D eigenvalue weighted by atomic mass is 16.4. The molecule has 1 heterocycles. The van der Waals surface area contributed by atoms with Gasteiger partial charge in [0.15, 0.2) is 0 Å². The van der Waals surface area contributed by atoms with E-state index in [-0.39, 0.29) is 0 Å². The van der Waals surface area contributed by atoms with Gasteiger partial charge in [0.25, 0.3) is 0 Å². The van der Waals surface area contributed by atoms with Gasteiger partial charge in [-0.25, -0.2) is 0 Å². The first-order valence-electron chi connectivity index (χ1n) is 6.59. The van der Waals surface area contributed by atoms with Gasteiger partial charge in [0, 0.05) is 25.2 Å². The number of nitrogens with one attached hydrogen (secondary N) is 1. The number of carboxylic acids is 1. The summed E-state index contributed by atoms with van der Waals surface area (Å²) in [4.78, 5) is 14.9. The first-order chi connectivity index (χ1) is 8.74. The minimum Gasteiger partial charge on any atom is -0.481 e. The van der Waals surface area contributed by atoms with Crippen molar-refractivity contribution in [2.45, 2.75) is 44.7 Å². The lowest BCUT2D eigenvalue weighted by Crippen LogP contribution is -2.33. The molecular formula is C14H20N2O2. The van der Waals surface area contributed by atoms with Gasteiger partial charge in [0.1, 0.15) is 0 Å². The molecule has 1 fully saturated rings. The molecule has 0 atom stereocenters. The summed E-state index contributed by atoms with van der Waals surface area (Å²) < 4.78 is 0. The summed E-state index contributed by atoms with van der Waals surface area (Å²) in [6, 6.07) is 6.44. The summed E-state index contributed by atoms with van der Waals surface area (Å²) in [5.74, 6) is -0.296. The molecule has 1 aromatic rings. The quantitative estimate of drug-likeness (QED) is 0.838. The number of nitrogens with zero attached hydrogens (tertiary/aromatic N) is 1. The lowest BCUT2D eigenvalue weighted by molar-refractivity contribution is -0.138. The third-order valence-corrected chi connectivity index (χ3v) is 3.61. The predicted molar refractivity (Wildman–Crippen MR) is 69.1 cm³/mol. The third kappa shape index (κ3) is 4.11. The molecule has 1 aliphatic rings. The lowest BCUT2D eigenvalue weighted by atomic mass is 9.84. The van der Waals surface area contributed by atoms with E-state index in [4.69, 9.17) is 5.11 Å². The average Bonchev–Trinajstić information content (AvgIpc) is 2.38. The summed E-state index contributed by atoms with van der Waals surface area (Å²) >= 11 is 0. The maximum absolute atomic E-state index is 10.6. The standard InChI is InChI=1S/C14H20N2O2/c17-14(18)9-11-4-6-12(7-5-11)16-10-13-3-1-2-8-15-13/h1-3,8,11-12,16H,4-7,9-10H2,(H,17,18). The van der Waals surface area contributed by atoms with Crippen molar-refractivity contribution >= 4 is 5.97 Å². The molecule has 0 aromatic carbocycles. The number of hydrogen-bond acceptors (Lipinski definition) is 3. The Morgan fingerprint density at radius 1 is 1.33 bits per heavy atom. The summed E-state index contributed by atoms with van der Waals surface area (Å²) in [6.45, 7) is 0.801. The summed E-state index contributed by atoms with van der Waals surface area (Å²) in [5.41, 5.74) is 1.06. The van der Waals surface area contributed by atoms with E-state index in [1.165, 1.54) is 0 Å². The molecule has 0 saturated heterocycles. The topological polar surface area (TPSA) is 62.2 Å². The highest BCUT2D eigenvalue weighted by Gasteiger charge is 2.22. The van der Waals surface area contributed by atoms with Crippen LogP contribution >= 0.6 is 0 Å². The lowest BCUT2D eigenvalue weighted by Gasteiger charge is -2.28. The molecule has 1 saturated carbocycles. The zero-order chi connectivity index (χ0) is 12.8. The molecule has 1 aliphatic carbocycles. The number of pyridine rings is 1. The number of aromatic nitrogens is 1. The van der Waals surface area contributed by atoms with Crippen LogP contribution in [0.5, 0.6) is 0 Å². The Morgan fingerprint density at radius 3 is 2.72 bits per heavy atom. The molecule has 4 heteroatoms. The molecule has 2 N–H and O–H groups in total. The maximum Gasteiger partial charge on any atom is 0.303 e. The Hall–Kier alpha value is -1.42. The van der Waals surface area contributed by atoms with Crippen molar-refractivity contribution < 1.29 is 9.90 Å². The van der Waals surface area contributed by atoms with Crippen molar-refractivity contribution in [1.82, 2.24) is 10.3 Å². The molecule has 1 aromatic heterocycles. The van der Waals surface area contributed by atoms with Gasteiger partial charge in [-0.15, -0.1) is 0 Å². The zero-order valence-electron chi connectivity index (χ0n) is 10.5. The molecular weight excluding hydrogens is 228 g/mol. The van der Waals surface area contributed by atoms with E-state index < -0.39 is 5.97 Å². The van der Waals surface area contributed by atoms with Gasteiger partial charge in [-0.1, -0.05) is 6.07 Å². The molecule has 98 valence electrons. The number of hydrogen-bond donors (Lipinski definition) is 2. The van der Waals surface area contributed by atoms with Crippen molar-refractivity contribution in [1.29, 1.82) is 0 Å². The van der Waals surface area contributed by atoms with Gasteiger partial charge in [0.2, 0.25) is 0 Å². The van der Waals surface area contributed by atoms with Gasteiger partial charge in [-0.2, -0.15) is 0 Å². The fourth-order valence-electron chi connectivity index (χ4n) is 2.57. The first kappa shape index (κ1) is 13.0. The maximum atomic E-state index is 10.6. The second kappa shape index (κ2) is 6.50. The minimum absolute atomic E-state index is 0.326. The normalized spacial score (nSPS) is 23.8. The van der Waals surface area contributed by atoms with Gasteiger partial charge in [-0.05, 0) is 43.7 Å². The van der Waals surface area contributed by atoms with E-state index in [9.17, 15) is 4.79 Å². The SMILES string of the molecule is O=C(O)CC1CCC(NCc2ccccn2)CC1. The summed E-state index contributed by atoms with van der Waals surface area (Å²) in [5, 5.41) is 12.3. The molecule has 0 unspecified atom stereocenters. The van der Waals surface area contributed by atoms with E-state index in [1.807, 2.05) is 18.2 Å². The second-order valence-electron chi connectivity index (χ2n) is 5.02. The number of aliphatic carboxylic acids is 1. The van der Waals surface area contributed by atoms with Crippen LogP contribution in [0.15, 0.2) is 24.4 Å². The fourth-order valence-corrected chi connectivity index (χ4v) is 2.57. The molecule has 18 heavy (non-hydrogen) atoms. The molecule has 4 nitrogen and oxygen atoms in total. The van der Waals surface area contributed by atoms with Crippen LogP contribution in [0.1, 0.15) is 37.8 Å². The summed E-state index contributed by atoms with van der Waals surface area (Å²) in [6.07, 6.45) is 6.32. The van der Waals surface area contributed by atoms with Crippen LogP contribution in [-0.2, 0) is 11.3 Å². The van der Waals surface area contributed by atoms with Crippen LogP contribution < -0.4 is 5.32 Å². The van der Waals surface area contributed by atoms with Crippen LogP contribution in [0.25, 0.3) is 0 Å². The minimum atomic E-state index is -0.667. The zero-order valence-corrected chi connectivity index (χ0v) is 10.5.